The fraction of sp³-hybridized carbons (Fsp3) is 0.429. The maximum Gasteiger partial charge on any atom is 0.120 e. The summed E-state index contributed by atoms with van der Waals surface area (Å²) >= 11 is 0. The van der Waals surface area contributed by atoms with Crippen LogP contribution in [0.2, 0.25) is 0 Å². The summed E-state index contributed by atoms with van der Waals surface area (Å²) in [6, 6.07) is 17.9. The largest absolute Gasteiger partial charge is 0.489 e. The molecule has 0 saturated carbocycles. The summed E-state index contributed by atoms with van der Waals surface area (Å²) in [6.07, 6.45) is 3.60. The molecule has 0 saturated heterocycles. The van der Waals surface area contributed by atoms with Crippen molar-refractivity contribution in [3.8, 4) is 11.5 Å². The minimum absolute atomic E-state index is 0.0442. The van der Waals surface area contributed by atoms with E-state index in [1.165, 1.54) is 12.8 Å². The molecule has 0 aliphatic carbocycles. The highest BCUT2D eigenvalue weighted by Crippen LogP contribution is 2.19. The summed E-state index contributed by atoms with van der Waals surface area (Å²) < 4.78 is 17.3. The number of ether oxygens (including phenoxy) is 3. The molecule has 2 rings (SSSR count). The van der Waals surface area contributed by atoms with Crippen LogP contribution in [0.25, 0.3) is 0 Å². The first kappa shape index (κ1) is 18.3. The van der Waals surface area contributed by atoms with Crippen LogP contribution in [0, 0.1) is 0 Å². The van der Waals surface area contributed by atoms with Crippen LogP contribution in [0.3, 0.4) is 0 Å². The predicted octanol–water partition coefficient (Wildman–Crippen LogP) is 5.24. The van der Waals surface area contributed by atoms with Crippen molar-refractivity contribution in [2.75, 3.05) is 13.2 Å². The van der Waals surface area contributed by atoms with E-state index in [1.807, 2.05) is 49.4 Å². The minimum atomic E-state index is 0.0442. The topological polar surface area (TPSA) is 27.7 Å². The van der Waals surface area contributed by atoms with Crippen molar-refractivity contribution in [2.45, 2.75) is 45.8 Å². The highest BCUT2D eigenvalue weighted by Gasteiger charge is 2.05. The maximum absolute atomic E-state index is 5.86. The number of hydrogen-bond donors (Lipinski definition) is 0. The average molecular weight is 328 g/mol. The minimum Gasteiger partial charge on any atom is -0.489 e. The van der Waals surface area contributed by atoms with Gasteiger partial charge in [-0.15, -0.1) is 0 Å². The van der Waals surface area contributed by atoms with E-state index in [4.69, 9.17) is 14.2 Å². The lowest BCUT2D eigenvalue weighted by Crippen LogP contribution is -2.19. The molecule has 2 aromatic carbocycles. The van der Waals surface area contributed by atoms with Gasteiger partial charge in [0.05, 0.1) is 6.61 Å². The Morgan fingerprint density at radius 3 is 2.29 bits per heavy atom. The predicted molar refractivity (Wildman–Crippen MR) is 97.7 cm³/mol. The molecule has 130 valence electrons. The van der Waals surface area contributed by atoms with Crippen molar-refractivity contribution in [1.82, 2.24) is 0 Å². The first-order chi connectivity index (χ1) is 11.8. The highest BCUT2D eigenvalue weighted by atomic mass is 16.5. The third-order valence-corrected chi connectivity index (χ3v) is 3.65. The zero-order valence-corrected chi connectivity index (χ0v) is 14.7. The molecule has 3 heteroatoms. The summed E-state index contributed by atoms with van der Waals surface area (Å²) in [4.78, 5) is 0. The molecule has 24 heavy (non-hydrogen) atoms. The van der Waals surface area contributed by atoms with Gasteiger partial charge < -0.3 is 14.2 Å². The summed E-state index contributed by atoms with van der Waals surface area (Å²) in [6.45, 7) is 6.23. The van der Waals surface area contributed by atoms with Crippen LogP contribution in [-0.2, 0) is 11.3 Å². The number of rotatable bonds is 11. The van der Waals surface area contributed by atoms with Crippen LogP contribution >= 0.6 is 0 Å². The average Bonchev–Trinajstić information content (AvgIpc) is 2.62. The standard InChI is InChI=1S/C21H28O3/c1-3-4-8-15-22-16-18(2)24-21-13-11-20(12-14-21)23-17-19-9-6-5-7-10-19/h5-7,9-14,18H,3-4,8,15-17H2,1-2H3. The van der Waals surface area contributed by atoms with Crippen molar-refractivity contribution in [3.63, 3.8) is 0 Å². The molecule has 2 aromatic rings. The molecule has 0 fully saturated rings. The normalized spacial score (nSPS) is 11.9. The summed E-state index contributed by atoms with van der Waals surface area (Å²) in [5.74, 6) is 1.68. The summed E-state index contributed by atoms with van der Waals surface area (Å²) in [7, 11) is 0. The Kier molecular flexibility index (Phi) is 8.19. The summed E-state index contributed by atoms with van der Waals surface area (Å²) in [5.41, 5.74) is 1.16. The second-order valence-electron chi connectivity index (χ2n) is 5.96. The Labute approximate surface area is 145 Å². The molecular weight excluding hydrogens is 300 g/mol. The van der Waals surface area contributed by atoms with Gasteiger partial charge in [-0.3, -0.25) is 0 Å². The van der Waals surface area contributed by atoms with E-state index in [0.717, 1.165) is 30.1 Å². The van der Waals surface area contributed by atoms with Gasteiger partial charge in [0.1, 0.15) is 24.2 Å². The molecule has 0 heterocycles. The first-order valence-electron chi connectivity index (χ1n) is 8.79. The fourth-order valence-electron chi connectivity index (χ4n) is 2.33. The van der Waals surface area contributed by atoms with Crippen molar-refractivity contribution in [3.05, 3.63) is 60.2 Å². The van der Waals surface area contributed by atoms with Crippen LogP contribution in [0.1, 0.15) is 38.7 Å². The molecular formula is C21H28O3. The van der Waals surface area contributed by atoms with Crippen LogP contribution in [-0.4, -0.2) is 19.3 Å². The number of benzene rings is 2. The van der Waals surface area contributed by atoms with E-state index in [0.29, 0.717) is 13.2 Å². The van der Waals surface area contributed by atoms with Gasteiger partial charge in [-0.2, -0.15) is 0 Å². The van der Waals surface area contributed by atoms with Crippen LogP contribution in [0.5, 0.6) is 11.5 Å². The maximum atomic E-state index is 5.86. The molecule has 1 unspecified atom stereocenters. The van der Waals surface area contributed by atoms with E-state index in [9.17, 15) is 0 Å². The van der Waals surface area contributed by atoms with E-state index in [-0.39, 0.29) is 6.10 Å². The molecule has 0 amide bonds. The van der Waals surface area contributed by atoms with Crippen LogP contribution in [0.15, 0.2) is 54.6 Å². The second-order valence-corrected chi connectivity index (χ2v) is 5.96. The third-order valence-electron chi connectivity index (χ3n) is 3.65. The van der Waals surface area contributed by atoms with E-state index >= 15 is 0 Å². The Morgan fingerprint density at radius 2 is 1.58 bits per heavy atom. The second kappa shape index (κ2) is 10.7. The van der Waals surface area contributed by atoms with Crippen LogP contribution in [0.4, 0.5) is 0 Å². The van der Waals surface area contributed by atoms with Gasteiger partial charge in [0.15, 0.2) is 0 Å². The van der Waals surface area contributed by atoms with Crippen molar-refractivity contribution in [2.24, 2.45) is 0 Å². The SMILES string of the molecule is CCCCCOCC(C)Oc1ccc(OCc2ccccc2)cc1. The lowest BCUT2D eigenvalue weighted by molar-refractivity contribution is 0.0567. The molecule has 0 bridgehead atoms. The summed E-state index contributed by atoms with van der Waals surface area (Å²) in [5, 5.41) is 0. The molecule has 0 aromatic heterocycles. The van der Waals surface area contributed by atoms with Gasteiger partial charge in [-0.1, -0.05) is 50.1 Å². The fourth-order valence-corrected chi connectivity index (χ4v) is 2.33. The highest BCUT2D eigenvalue weighted by molar-refractivity contribution is 5.31. The Balaban J connectivity index is 1.69. The molecule has 0 radical (unpaired) electrons. The van der Waals surface area contributed by atoms with Gasteiger partial charge in [0.25, 0.3) is 0 Å². The lowest BCUT2D eigenvalue weighted by atomic mass is 10.2. The van der Waals surface area contributed by atoms with Gasteiger partial charge in [-0.05, 0) is 43.2 Å². The molecule has 0 aliphatic rings. The number of hydrogen-bond acceptors (Lipinski definition) is 3. The zero-order valence-electron chi connectivity index (χ0n) is 14.7. The first-order valence-corrected chi connectivity index (χ1v) is 8.79. The van der Waals surface area contributed by atoms with E-state index in [1.54, 1.807) is 0 Å². The van der Waals surface area contributed by atoms with E-state index in [2.05, 4.69) is 19.1 Å². The Bertz CT molecular complexity index is 551. The Hall–Kier alpha value is -2.00. The van der Waals surface area contributed by atoms with Gasteiger partial charge >= 0.3 is 0 Å². The number of unbranched alkanes of at least 4 members (excludes halogenated alkanes) is 2. The smallest absolute Gasteiger partial charge is 0.120 e. The molecule has 0 spiro atoms. The van der Waals surface area contributed by atoms with E-state index < -0.39 is 0 Å². The van der Waals surface area contributed by atoms with Gasteiger partial charge in [-0.25, -0.2) is 0 Å². The lowest BCUT2D eigenvalue weighted by Gasteiger charge is -2.15. The van der Waals surface area contributed by atoms with Crippen LogP contribution < -0.4 is 9.47 Å². The zero-order chi connectivity index (χ0) is 17.0. The third kappa shape index (κ3) is 7.05. The molecule has 0 N–H and O–H groups in total. The molecule has 1 atom stereocenters. The molecule has 3 nitrogen and oxygen atoms in total. The van der Waals surface area contributed by atoms with Gasteiger partial charge in [0.2, 0.25) is 0 Å². The van der Waals surface area contributed by atoms with Crippen molar-refractivity contribution < 1.29 is 14.2 Å². The van der Waals surface area contributed by atoms with Gasteiger partial charge in [0, 0.05) is 6.61 Å². The quantitative estimate of drug-likeness (QED) is 0.528. The monoisotopic (exact) mass is 328 g/mol. The van der Waals surface area contributed by atoms with Crippen molar-refractivity contribution in [1.29, 1.82) is 0 Å². The van der Waals surface area contributed by atoms with Crippen molar-refractivity contribution >= 4 is 0 Å². The molecule has 0 aliphatic heterocycles. The Morgan fingerprint density at radius 1 is 0.875 bits per heavy atom.